The molecule has 84 valence electrons. The Kier molecular flexibility index (Phi) is 3.90. The first-order valence-corrected chi connectivity index (χ1v) is 4.87. The number of carbonyl (C=O) groups is 1. The molecule has 16 heavy (non-hydrogen) atoms. The van der Waals surface area contributed by atoms with Crippen LogP contribution in [0.5, 0.6) is 5.75 Å². The first kappa shape index (κ1) is 12.1. The summed E-state index contributed by atoms with van der Waals surface area (Å²) in [5.41, 5.74) is 1.42. The summed E-state index contributed by atoms with van der Waals surface area (Å²) in [6, 6.07) is 5.16. The quantitative estimate of drug-likeness (QED) is 0.728. The molecular formula is C12H13NO3. The van der Waals surface area contributed by atoms with Crippen LogP contribution in [0.3, 0.4) is 0 Å². The maximum Gasteiger partial charge on any atom is 0.339 e. The van der Waals surface area contributed by atoms with Crippen molar-refractivity contribution in [1.82, 2.24) is 0 Å². The van der Waals surface area contributed by atoms with Gasteiger partial charge in [-0.2, -0.15) is 5.26 Å². The lowest BCUT2D eigenvalue weighted by molar-refractivity contribution is 0.0600. The summed E-state index contributed by atoms with van der Waals surface area (Å²) in [6.45, 7) is 1.95. The van der Waals surface area contributed by atoms with Gasteiger partial charge >= 0.3 is 5.97 Å². The number of hydrogen-bond donors (Lipinski definition) is 0. The van der Waals surface area contributed by atoms with Gasteiger partial charge in [-0.1, -0.05) is 6.92 Å². The zero-order valence-corrected chi connectivity index (χ0v) is 9.53. The van der Waals surface area contributed by atoms with E-state index in [1.54, 1.807) is 12.1 Å². The van der Waals surface area contributed by atoms with E-state index in [2.05, 4.69) is 4.74 Å². The minimum Gasteiger partial charge on any atom is -0.496 e. The van der Waals surface area contributed by atoms with E-state index in [1.165, 1.54) is 14.2 Å². The Bertz CT molecular complexity index is 446. The lowest BCUT2D eigenvalue weighted by Crippen LogP contribution is -2.06. The molecule has 0 heterocycles. The van der Waals surface area contributed by atoms with E-state index >= 15 is 0 Å². The third-order valence-corrected chi connectivity index (χ3v) is 2.33. The fourth-order valence-electron chi connectivity index (χ4n) is 1.46. The molecule has 0 aromatic heterocycles. The molecule has 0 aliphatic heterocycles. The van der Waals surface area contributed by atoms with Crippen LogP contribution in [0.25, 0.3) is 0 Å². The van der Waals surface area contributed by atoms with E-state index in [-0.39, 0.29) is 11.1 Å². The van der Waals surface area contributed by atoms with Crippen molar-refractivity contribution in [3.8, 4) is 11.8 Å². The molecule has 0 amide bonds. The van der Waals surface area contributed by atoms with Crippen molar-refractivity contribution in [3.05, 3.63) is 28.8 Å². The predicted molar refractivity (Wildman–Crippen MR) is 58.4 cm³/mol. The van der Waals surface area contributed by atoms with Crippen LogP contribution in [0.2, 0.25) is 0 Å². The summed E-state index contributed by atoms with van der Waals surface area (Å²) in [6.07, 6.45) is 0.721. The minimum atomic E-state index is -0.506. The first-order chi connectivity index (χ1) is 7.67. The second-order valence-electron chi connectivity index (χ2n) is 3.17. The molecule has 0 radical (unpaired) electrons. The molecule has 1 aromatic rings. The Labute approximate surface area is 94.4 Å². The summed E-state index contributed by atoms with van der Waals surface area (Å²) >= 11 is 0. The van der Waals surface area contributed by atoms with Gasteiger partial charge in [0.25, 0.3) is 0 Å². The molecule has 0 unspecified atom stereocenters. The number of rotatable bonds is 3. The number of methoxy groups -OCH3 is 2. The molecule has 0 saturated carbocycles. The van der Waals surface area contributed by atoms with Crippen LogP contribution in [0.4, 0.5) is 0 Å². The van der Waals surface area contributed by atoms with Gasteiger partial charge in [0.15, 0.2) is 0 Å². The number of nitriles is 1. The number of esters is 1. The van der Waals surface area contributed by atoms with E-state index in [4.69, 9.17) is 10.00 Å². The SMILES string of the molecule is CCc1cc(C(=O)OC)c(C#N)cc1OC. The molecule has 4 heteroatoms. The number of benzene rings is 1. The minimum absolute atomic E-state index is 0.265. The molecule has 1 aromatic carbocycles. The Morgan fingerprint density at radius 1 is 1.44 bits per heavy atom. The standard InChI is InChI=1S/C12H13NO3/c1-4-8-5-10(12(14)16-3)9(7-13)6-11(8)15-2/h5-6H,4H2,1-3H3. The maximum absolute atomic E-state index is 11.4. The second-order valence-corrected chi connectivity index (χ2v) is 3.17. The van der Waals surface area contributed by atoms with Crippen LogP contribution < -0.4 is 4.74 Å². The Morgan fingerprint density at radius 3 is 2.56 bits per heavy atom. The molecule has 0 N–H and O–H groups in total. The summed E-state index contributed by atoms with van der Waals surface area (Å²) in [4.78, 5) is 11.4. The van der Waals surface area contributed by atoms with Gasteiger partial charge in [0.05, 0.1) is 25.3 Å². The van der Waals surface area contributed by atoms with Crippen LogP contribution in [-0.2, 0) is 11.2 Å². The second kappa shape index (κ2) is 5.17. The topological polar surface area (TPSA) is 59.3 Å². The smallest absolute Gasteiger partial charge is 0.339 e. The number of ether oxygens (including phenoxy) is 2. The van der Waals surface area contributed by atoms with Gasteiger partial charge in [-0.15, -0.1) is 0 Å². The molecule has 0 fully saturated rings. The summed E-state index contributed by atoms with van der Waals surface area (Å²) in [5.74, 6) is 0.112. The highest BCUT2D eigenvalue weighted by Gasteiger charge is 2.15. The normalized spacial score (nSPS) is 9.38. The fraction of sp³-hybridized carbons (Fsp3) is 0.333. The van der Waals surface area contributed by atoms with Crippen LogP contribution in [0.1, 0.15) is 28.4 Å². The number of carbonyl (C=O) groups excluding carboxylic acids is 1. The van der Waals surface area contributed by atoms with E-state index in [1.807, 2.05) is 13.0 Å². The molecule has 0 aliphatic carbocycles. The van der Waals surface area contributed by atoms with Crippen molar-refractivity contribution in [2.75, 3.05) is 14.2 Å². The van der Waals surface area contributed by atoms with Crippen molar-refractivity contribution >= 4 is 5.97 Å². The van der Waals surface area contributed by atoms with Gasteiger partial charge in [-0.3, -0.25) is 0 Å². The molecule has 0 spiro atoms. The average Bonchev–Trinajstić information content (AvgIpc) is 2.35. The van der Waals surface area contributed by atoms with E-state index in [0.717, 1.165) is 12.0 Å². The molecule has 0 atom stereocenters. The highest BCUT2D eigenvalue weighted by atomic mass is 16.5. The van der Waals surface area contributed by atoms with E-state index in [9.17, 15) is 4.79 Å². The third kappa shape index (κ3) is 2.14. The number of nitrogens with zero attached hydrogens (tertiary/aromatic N) is 1. The lowest BCUT2D eigenvalue weighted by Gasteiger charge is -2.09. The zero-order chi connectivity index (χ0) is 12.1. The van der Waals surface area contributed by atoms with E-state index in [0.29, 0.717) is 5.75 Å². The van der Waals surface area contributed by atoms with Crippen molar-refractivity contribution in [2.24, 2.45) is 0 Å². The van der Waals surface area contributed by atoms with Gasteiger partial charge in [-0.25, -0.2) is 4.79 Å². The van der Waals surface area contributed by atoms with E-state index < -0.39 is 5.97 Å². The summed E-state index contributed by atoms with van der Waals surface area (Å²) in [5, 5.41) is 8.93. The van der Waals surface area contributed by atoms with Gasteiger partial charge in [0.1, 0.15) is 11.8 Å². The summed E-state index contributed by atoms with van der Waals surface area (Å²) < 4.78 is 9.76. The molecule has 0 bridgehead atoms. The highest BCUT2D eigenvalue weighted by molar-refractivity contribution is 5.92. The van der Waals surface area contributed by atoms with Crippen molar-refractivity contribution in [2.45, 2.75) is 13.3 Å². The molecular weight excluding hydrogens is 206 g/mol. The fourth-order valence-corrected chi connectivity index (χ4v) is 1.46. The monoisotopic (exact) mass is 219 g/mol. The predicted octanol–water partition coefficient (Wildman–Crippen LogP) is 1.92. The van der Waals surface area contributed by atoms with Crippen LogP contribution in [-0.4, -0.2) is 20.2 Å². The number of aryl methyl sites for hydroxylation is 1. The largest absolute Gasteiger partial charge is 0.496 e. The molecule has 4 nitrogen and oxygen atoms in total. The maximum atomic E-state index is 11.4. The van der Waals surface area contributed by atoms with Crippen LogP contribution >= 0.6 is 0 Å². The summed E-state index contributed by atoms with van der Waals surface area (Å²) in [7, 11) is 2.83. The van der Waals surface area contributed by atoms with Crippen molar-refractivity contribution in [3.63, 3.8) is 0 Å². The van der Waals surface area contributed by atoms with Gasteiger partial charge in [0.2, 0.25) is 0 Å². The lowest BCUT2D eigenvalue weighted by atomic mass is 10.0. The van der Waals surface area contributed by atoms with Crippen molar-refractivity contribution in [1.29, 1.82) is 5.26 Å². The van der Waals surface area contributed by atoms with Gasteiger partial charge < -0.3 is 9.47 Å². The Balaban J connectivity index is 3.39. The Morgan fingerprint density at radius 2 is 2.12 bits per heavy atom. The van der Waals surface area contributed by atoms with Crippen LogP contribution in [0.15, 0.2) is 12.1 Å². The molecule has 0 aliphatic rings. The molecule has 0 saturated heterocycles. The first-order valence-electron chi connectivity index (χ1n) is 4.87. The van der Waals surface area contributed by atoms with Gasteiger partial charge in [0, 0.05) is 0 Å². The van der Waals surface area contributed by atoms with Crippen molar-refractivity contribution < 1.29 is 14.3 Å². The third-order valence-electron chi connectivity index (χ3n) is 2.33. The Hall–Kier alpha value is -2.02. The van der Waals surface area contributed by atoms with Gasteiger partial charge in [-0.05, 0) is 24.1 Å². The molecule has 1 rings (SSSR count). The van der Waals surface area contributed by atoms with Crippen LogP contribution in [0, 0.1) is 11.3 Å². The average molecular weight is 219 g/mol. The zero-order valence-electron chi connectivity index (χ0n) is 9.53. The number of hydrogen-bond acceptors (Lipinski definition) is 4. The highest BCUT2D eigenvalue weighted by Crippen LogP contribution is 2.24.